The Hall–Kier alpha value is -0.870. The van der Waals surface area contributed by atoms with E-state index in [0.717, 1.165) is 11.1 Å². The van der Waals surface area contributed by atoms with Crippen molar-refractivity contribution in [3.63, 3.8) is 0 Å². The Morgan fingerprint density at radius 2 is 1.75 bits per heavy atom. The van der Waals surface area contributed by atoms with Crippen molar-refractivity contribution in [3.8, 4) is 0 Å². The number of halogens is 2. The Morgan fingerprint density at radius 1 is 1.04 bits per heavy atom. The maximum atomic E-state index is 12.2. The molecule has 0 saturated carbocycles. The second-order valence-corrected chi connectivity index (χ2v) is 8.89. The minimum atomic E-state index is -3.43. The fourth-order valence-corrected chi connectivity index (χ4v) is 4.38. The zero-order chi connectivity index (χ0) is 17.6. The first kappa shape index (κ1) is 19.5. The molecule has 24 heavy (non-hydrogen) atoms. The fourth-order valence-electron chi connectivity index (χ4n) is 2.36. The van der Waals surface area contributed by atoms with Gasteiger partial charge in [-0.1, -0.05) is 59.6 Å². The van der Waals surface area contributed by atoms with Crippen LogP contribution in [0.2, 0.25) is 10.0 Å². The fraction of sp³-hybridized carbons (Fsp3) is 0.294. The summed E-state index contributed by atoms with van der Waals surface area (Å²) in [4.78, 5) is 10.1. The van der Waals surface area contributed by atoms with Crippen LogP contribution in [-0.4, -0.2) is 28.8 Å². The highest BCUT2D eigenvalue weighted by molar-refractivity contribution is 7.57. The average Bonchev–Trinajstić information content (AvgIpc) is 2.50. The highest BCUT2D eigenvalue weighted by atomic mass is 35.5. The van der Waals surface area contributed by atoms with Gasteiger partial charge in [0, 0.05) is 19.3 Å². The van der Waals surface area contributed by atoms with Crippen molar-refractivity contribution < 1.29 is 14.6 Å². The maximum Gasteiger partial charge on any atom is 0.207 e. The smallest absolute Gasteiger partial charge is 0.207 e. The first-order valence-electron chi connectivity index (χ1n) is 7.53. The van der Waals surface area contributed by atoms with Gasteiger partial charge in [-0.15, -0.1) is 0 Å². The van der Waals surface area contributed by atoms with Crippen LogP contribution in [0.4, 0.5) is 0 Å². The molecule has 0 radical (unpaired) electrons. The third-order valence-corrected chi connectivity index (χ3v) is 6.05. The maximum absolute atomic E-state index is 12.2. The van der Waals surface area contributed by atoms with Crippen molar-refractivity contribution in [3.05, 3.63) is 69.7 Å². The van der Waals surface area contributed by atoms with Crippen LogP contribution in [0.25, 0.3) is 0 Å². The third-order valence-electron chi connectivity index (χ3n) is 3.46. The molecule has 2 aromatic rings. The Bertz CT molecular complexity index is 712. The minimum absolute atomic E-state index is 0.0672. The molecule has 4 nitrogen and oxygen atoms in total. The zero-order valence-corrected chi connectivity index (χ0v) is 15.4. The molecule has 0 spiro atoms. The van der Waals surface area contributed by atoms with Gasteiger partial charge in [-0.3, -0.25) is 4.57 Å². The van der Waals surface area contributed by atoms with Crippen LogP contribution in [0.1, 0.15) is 11.1 Å². The van der Waals surface area contributed by atoms with Gasteiger partial charge in [-0.05, 0) is 23.3 Å². The topological polar surface area (TPSA) is 69.6 Å². The molecule has 0 bridgehead atoms. The van der Waals surface area contributed by atoms with Gasteiger partial charge in [-0.25, -0.2) is 0 Å². The molecule has 7 heteroatoms. The summed E-state index contributed by atoms with van der Waals surface area (Å²) in [7, 11) is -3.43. The first-order valence-corrected chi connectivity index (χ1v) is 10.3. The number of aliphatic hydroxyl groups excluding tert-OH is 1. The molecule has 130 valence electrons. The summed E-state index contributed by atoms with van der Waals surface area (Å²) in [5, 5.41) is 14.0. The molecule has 0 heterocycles. The van der Waals surface area contributed by atoms with Gasteiger partial charge in [0.05, 0.1) is 22.3 Å². The van der Waals surface area contributed by atoms with E-state index in [0.29, 0.717) is 16.6 Å². The quantitative estimate of drug-likeness (QED) is 0.600. The standard InChI is InChI=1S/C17H20Cl2NO3P/c18-16-7-6-14(8-17(16)19)9-20-10-15(21)12-24(22,23)11-13-4-2-1-3-5-13/h1-8,15,20-21H,9-12H2,(H,22,23)/t15-/m1/s1. The van der Waals surface area contributed by atoms with Crippen LogP contribution in [0.15, 0.2) is 48.5 Å². The Morgan fingerprint density at radius 3 is 2.42 bits per heavy atom. The largest absolute Gasteiger partial charge is 0.391 e. The number of benzene rings is 2. The van der Waals surface area contributed by atoms with Gasteiger partial charge < -0.3 is 15.3 Å². The highest BCUT2D eigenvalue weighted by Gasteiger charge is 2.23. The number of nitrogens with one attached hydrogen (secondary N) is 1. The van der Waals surface area contributed by atoms with Gasteiger partial charge in [0.25, 0.3) is 0 Å². The number of hydrogen-bond donors (Lipinski definition) is 3. The lowest BCUT2D eigenvalue weighted by Crippen LogP contribution is -2.29. The molecule has 0 saturated heterocycles. The van der Waals surface area contributed by atoms with Crippen LogP contribution in [0.3, 0.4) is 0 Å². The molecule has 3 N–H and O–H groups in total. The summed E-state index contributed by atoms with van der Waals surface area (Å²) in [6, 6.07) is 14.4. The Balaban J connectivity index is 1.78. The Labute approximate surface area is 151 Å². The average molecular weight is 388 g/mol. The number of rotatable bonds is 8. The summed E-state index contributed by atoms with van der Waals surface area (Å²) in [6.07, 6.45) is -0.971. The van der Waals surface area contributed by atoms with Crippen molar-refractivity contribution >= 4 is 30.6 Å². The molecule has 2 rings (SSSR count). The molecular formula is C17H20Cl2NO3P. The van der Waals surface area contributed by atoms with E-state index in [1.807, 2.05) is 24.3 Å². The number of hydrogen-bond acceptors (Lipinski definition) is 3. The molecule has 0 aromatic heterocycles. The van der Waals surface area contributed by atoms with Crippen LogP contribution in [-0.2, 0) is 17.3 Å². The van der Waals surface area contributed by atoms with E-state index in [4.69, 9.17) is 23.2 Å². The SMILES string of the molecule is O=P(O)(Cc1ccccc1)C[C@H](O)CNCc1ccc(Cl)c(Cl)c1. The van der Waals surface area contributed by atoms with E-state index in [9.17, 15) is 14.6 Å². The summed E-state index contributed by atoms with van der Waals surface area (Å²) in [5.41, 5.74) is 1.72. The molecule has 2 atom stereocenters. The summed E-state index contributed by atoms with van der Waals surface area (Å²) < 4.78 is 12.2. The lowest BCUT2D eigenvalue weighted by molar-refractivity contribution is 0.190. The molecule has 1 unspecified atom stereocenters. The highest BCUT2D eigenvalue weighted by Crippen LogP contribution is 2.44. The van der Waals surface area contributed by atoms with Crippen LogP contribution < -0.4 is 5.32 Å². The Kier molecular flexibility index (Phi) is 7.30. The summed E-state index contributed by atoms with van der Waals surface area (Å²) in [5.74, 6) is 0. The van der Waals surface area contributed by atoms with Gasteiger partial charge in [0.2, 0.25) is 7.37 Å². The predicted molar refractivity (Wildman–Crippen MR) is 99.0 cm³/mol. The van der Waals surface area contributed by atoms with Gasteiger partial charge in [0.1, 0.15) is 0 Å². The second kappa shape index (κ2) is 9.00. The molecule has 2 aromatic carbocycles. The van der Waals surface area contributed by atoms with Crippen molar-refractivity contribution in [1.29, 1.82) is 0 Å². The van der Waals surface area contributed by atoms with E-state index in [1.165, 1.54) is 0 Å². The first-order chi connectivity index (χ1) is 11.4. The minimum Gasteiger partial charge on any atom is -0.391 e. The van der Waals surface area contributed by atoms with E-state index in [2.05, 4.69) is 5.32 Å². The monoisotopic (exact) mass is 387 g/mol. The van der Waals surface area contributed by atoms with E-state index < -0.39 is 13.5 Å². The normalized spacial score (nSPS) is 15.0. The van der Waals surface area contributed by atoms with Crippen molar-refractivity contribution in [2.24, 2.45) is 0 Å². The van der Waals surface area contributed by atoms with Gasteiger partial charge in [0.15, 0.2) is 0 Å². The zero-order valence-electron chi connectivity index (χ0n) is 13.0. The van der Waals surface area contributed by atoms with E-state index in [-0.39, 0.29) is 18.9 Å². The van der Waals surface area contributed by atoms with Crippen LogP contribution in [0.5, 0.6) is 0 Å². The molecule has 0 aliphatic heterocycles. The second-order valence-electron chi connectivity index (χ2n) is 5.71. The van der Waals surface area contributed by atoms with Crippen LogP contribution >= 0.6 is 30.6 Å². The summed E-state index contributed by atoms with van der Waals surface area (Å²) in [6.45, 7) is 0.710. The van der Waals surface area contributed by atoms with Gasteiger partial charge in [-0.2, -0.15) is 0 Å². The lowest BCUT2D eigenvalue weighted by Gasteiger charge is -2.17. The molecular weight excluding hydrogens is 368 g/mol. The van der Waals surface area contributed by atoms with Gasteiger partial charge >= 0.3 is 0 Å². The molecule has 0 fully saturated rings. The van der Waals surface area contributed by atoms with Crippen molar-refractivity contribution in [2.45, 2.75) is 18.8 Å². The van der Waals surface area contributed by atoms with E-state index in [1.54, 1.807) is 24.3 Å². The predicted octanol–water partition coefficient (Wildman–Crippen LogP) is 3.91. The third kappa shape index (κ3) is 6.56. The molecule has 0 aliphatic carbocycles. The molecule has 0 amide bonds. The molecule has 0 aliphatic rings. The number of aliphatic hydroxyl groups is 1. The lowest BCUT2D eigenvalue weighted by atomic mass is 10.2. The van der Waals surface area contributed by atoms with Crippen LogP contribution in [0, 0.1) is 0 Å². The van der Waals surface area contributed by atoms with Crippen molar-refractivity contribution in [1.82, 2.24) is 5.32 Å². The van der Waals surface area contributed by atoms with E-state index >= 15 is 0 Å². The van der Waals surface area contributed by atoms with Crippen molar-refractivity contribution in [2.75, 3.05) is 12.7 Å². The summed E-state index contributed by atoms with van der Waals surface area (Å²) >= 11 is 11.8.